The number of sulfonamides is 1. The number of sulfone groups is 1. The Morgan fingerprint density at radius 2 is 1.75 bits per heavy atom. The topological polar surface area (TPSA) is 123 Å². The Morgan fingerprint density at radius 3 is 2.25 bits per heavy atom. The molecule has 1 aliphatic rings. The van der Waals surface area contributed by atoms with E-state index in [1.54, 1.807) is 20.8 Å². The fraction of sp³-hybridized carbons (Fsp3) is 0.389. The molecule has 1 aliphatic heterocycles. The van der Waals surface area contributed by atoms with Gasteiger partial charge in [0.15, 0.2) is 9.84 Å². The molecule has 152 valence electrons. The van der Waals surface area contributed by atoms with E-state index in [9.17, 15) is 21.6 Å². The van der Waals surface area contributed by atoms with Gasteiger partial charge < -0.3 is 9.73 Å². The van der Waals surface area contributed by atoms with Crippen LogP contribution in [-0.4, -0.2) is 40.3 Å². The van der Waals surface area contributed by atoms with Gasteiger partial charge in [-0.05, 0) is 51.5 Å². The monoisotopic (exact) mass is 426 g/mol. The van der Waals surface area contributed by atoms with E-state index in [0.717, 1.165) is 5.56 Å². The third-order valence-corrected chi connectivity index (χ3v) is 8.07. The SMILES string of the molecule is Cc1oc(C)c(C(=O)Nc2ccc(S(=O)(=O)N[C@@H]3CCS(=O)(=O)C3)cc2)c1C. The van der Waals surface area contributed by atoms with E-state index in [1.807, 2.05) is 0 Å². The summed E-state index contributed by atoms with van der Waals surface area (Å²) in [5.74, 6) is 0.643. The molecule has 2 heterocycles. The second-order valence-corrected chi connectivity index (χ2v) is 10.9. The van der Waals surface area contributed by atoms with Gasteiger partial charge in [0.2, 0.25) is 10.0 Å². The highest BCUT2D eigenvalue weighted by molar-refractivity contribution is 7.92. The third kappa shape index (κ3) is 4.29. The molecule has 0 radical (unpaired) electrons. The molecule has 1 aromatic heterocycles. The second kappa shape index (κ2) is 7.34. The number of carbonyl (C=O) groups excluding carboxylic acids is 1. The molecule has 1 amide bonds. The number of furan rings is 1. The molecule has 1 saturated heterocycles. The van der Waals surface area contributed by atoms with E-state index in [1.165, 1.54) is 24.3 Å². The van der Waals surface area contributed by atoms with Gasteiger partial charge in [-0.1, -0.05) is 0 Å². The van der Waals surface area contributed by atoms with E-state index in [-0.39, 0.29) is 28.7 Å². The van der Waals surface area contributed by atoms with Crippen molar-refractivity contribution in [3.63, 3.8) is 0 Å². The van der Waals surface area contributed by atoms with Crippen molar-refractivity contribution in [3.8, 4) is 0 Å². The summed E-state index contributed by atoms with van der Waals surface area (Å²) in [6, 6.07) is 5.07. The summed E-state index contributed by atoms with van der Waals surface area (Å²) in [5, 5.41) is 2.72. The van der Waals surface area contributed by atoms with E-state index >= 15 is 0 Å². The molecule has 0 unspecified atom stereocenters. The van der Waals surface area contributed by atoms with Crippen LogP contribution < -0.4 is 10.0 Å². The van der Waals surface area contributed by atoms with Crippen LogP contribution in [0.3, 0.4) is 0 Å². The lowest BCUT2D eigenvalue weighted by molar-refractivity contribution is 0.102. The maximum atomic E-state index is 12.5. The molecule has 2 aromatic rings. The van der Waals surface area contributed by atoms with Crippen LogP contribution in [-0.2, 0) is 19.9 Å². The molecule has 1 fully saturated rings. The first kappa shape index (κ1) is 20.6. The average molecular weight is 427 g/mol. The summed E-state index contributed by atoms with van der Waals surface area (Å²) < 4.78 is 55.8. The quantitative estimate of drug-likeness (QED) is 0.753. The molecule has 3 rings (SSSR count). The molecule has 10 heteroatoms. The molecule has 0 aliphatic carbocycles. The zero-order valence-electron chi connectivity index (χ0n) is 15.8. The van der Waals surface area contributed by atoms with Gasteiger partial charge in [0.05, 0.1) is 22.0 Å². The van der Waals surface area contributed by atoms with Gasteiger partial charge in [-0.2, -0.15) is 0 Å². The molecule has 28 heavy (non-hydrogen) atoms. The number of aryl methyl sites for hydroxylation is 2. The summed E-state index contributed by atoms with van der Waals surface area (Å²) in [6.07, 6.45) is 0.262. The number of rotatable bonds is 5. The normalized spacial score (nSPS) is 18.9. The van der Waals surface area contributed by atoms with Crippen molar-refractivity contribution in [2.45, 2.75) is 38.1 Å². The minimum Gasteiger partial charge on any atom is -0.466 e. The number of hydrogen-bond donors (Lipinski definition) is 2. The molecular weight excluding hydrogens is 404 g/mol. The fourth-order valence-electron chi connectivity index (χ4n) is 3.21. The molecule has 1 aromatic carbocycles. The van der Waals surface area contributed by atoms with Crippen LogP contribution in [0.4, 0.5) is 5.69 Å². The minimum absolute atomic E-state index is 0.00122. The smallest absolute Gasteiger partial charge is 0.259 e. The zero-order valence-corrected chi connectivity index (χ0v) is 17.4. The fourth-order valence-corrected chi connectivity index (χ4v) is 6.26. The van der Waals surface area contributed by atoms with Crippen LogP contribution in [0.1, 0.15) is 33.9 Å². The highest BCUT2D eigenvalue weighted by atomic mass is 32.2. The molecule has 0 saturated carbocycles. The van der Waals surface area contributed by atoms with E-state index in [4.69, 9.17) is 4.42 Å². The van der Waals surface area contributed by atoms with Crippen LogP contribution in [0.2, 0.25) is 0 Å². The molecule has 0 spiro atoms. The highest BCUT2D eigenvalue weighted by Gasteiger charge is 2.31. The third-order valence-electron chi connectivity index (χ3n) is 4.77. The van der Waals surface area contributed by atoms with Crippen molar-refractivity contribution < 1.29 is 26.0 Å². The lowest BCUT2D eigenvalue weighted by Crippen LogP contribution is -2.35. The number of benzene rings is 1. The van der Waals surface area contributed by atoms with Crippen molar-refractivity contribution in [3.05, 3.63) is 46.9 Å². The van der Waals surface area contributed by atoms with Gasteiger partial charge in [0, 0.05) is 17.3 Å². The van der Waals surface area contributed by atoms with Gasteiger partial charge in [-0.25, -0.2) is 21.6 Å². The largest absolute Gasteiger partial charge is 0.466 e. The number of amides is 1. The van der Waals surface area contributed by atoms with Gasteiger partial charge >= 0.3 is 0 Å². The van der Waals surface area contributed by atoms with Gasteiger partial charge in [-0.15, -0.1) is 0 Å². The van der Waals surface area contributed by atoms with E-state index in [0.29, 0.717) is 22.8 Å². The van der Waals surface area contributed by atoms with Gasteiger partial charge in [0.1, 0.15) is 11.5 Å². The first-order valence-corrected chi connectivity index (χ1v) is 12.0. The maximum absolute atomic E-state index is 12.5. The number of hydrogen-bond acceptors (Lipinski definition) is 6. The maximum Gasteiger partial charge on any atom is 0.259 e. The molecule has 2 N–H and O–H groups in total. The van der Waals surface area contributed by atoms with Crippen molar-refractivity contribution >= 4 is 31.5 Å². The van der Waals surface area contributed by atoms with Crippen molar-refractivity contribution in [2.24, 2.45) is 0 Å². The van der Waals surface area contributed by atoms with Crippen LogP contribution >= 0.6 is 0 Å². The van der Waals surface area contributed by atoms with Crippen LogP contribution in [0.5, 0.6) is 0 Å². The Morgan fingerprint density at radius 1 is 1.11 bits per heavy atom. The molecular formula is C18H22N2O6S2. The summed E-state index contributed by atoms with van der Waals surface area (Å²) in [4.78, 5) is 12.5. The number of anilines is 1. The summed E-state index contributed by atoms with van der Waals surface area (Å²) >= 11 is 0. The number of nitrogens with one attached hydrogen (secondary N) is 2. The zero-order chi connectivity index (χ0) is 20.7. The first-order valence-electron chi connectivity index (χ1n) is 8.69. The van der Waals surface area contributed by atoms with E-state index < -0.39 is 25.9 Å². The van der Waals surface area contributed by atoms with Crippen molar-refractivity contribution in [1.29, 1.82) is 0 Å². The Bertz CT molecular complexity index is 1120. The highest BCUT2D eigenvalue weighted by Crippen LogP contribution is 2.23. The van der Waals surface area contributed by atoms with Crippen LogP contribution in [0.15, 0.2) is 33.6 Å². The lowest BCUT2D eigenvalue weighted by atomic mass is 10.1. The van der Waals surface area contributed by atoms with Crippen molar-refractivity contribution in [1.82, 2.24) is 4.72 Å². The minimum atomic E-state index is -3.84. The standard InChI is InChI=1S/C18H22N2O6S2/c1-11-12(2)26-13(3)17(11)18(21)19-14-4-6-16(7-5-14)28(24,25)20-15-8-9-27(22,23)10-15/h4-7,15,20H,8-10H2,1-3H3,(H,19,21)/t15-/m1/s1. The molecule has 8 nitrogen and oxygen atoms in total. The Balaban J connectivity index is 1.71. The Kier molecular flexibility index (Phi) is 5.39. The summed E-state index contributed by atoms with van der Waals surface area (Å²) in [6.45, 7) is 5.28. The predicted molar refractivity (Wildman–Crippen MR) is 105 cm³/mol. The van der Waals surface area contributed by atoms with Crippen LogP contribution in [0, 0.1) is 20.8 Å². The number of carbonyl (C=O) groups is 1. The lowest BCUT2D eigenvalue weighted by Gasteiger charge is -2.12. The van der Waals surface area contributed by atoms with Crippen LogP contribution in [0.25, 0.3) is 0 Å². The second-order valence-electron chi connectivity index (χ2n) is 6.91. The van der Waals surface area contributed by atoms with E-state index in [2.05, 4.69) is 10.0 Å². The first-order chi connectivity index (χ1) is 13.0. The summed E-state index contributed by atoms with van der Waals surface area (Å²) in [5.41, 5.74) is 1.65. The predicted octanol–water partition coefficient (Wildman–Crippen LogP) is 1.92. The van der Waals surface area contributed by atoms with Gasteiger partial charge in [-0.3, -0.25) is 4.79 Å². The Hall–Kier alpha value is -2.17. The van der Waals surface area contributed by atoms with Crippen molar-refractivity contribution in [2.75, 3.05) is 16.8 Å². The van der Waals surface area contributed by atoms with Gasteiger partial charge in [0.25, 0.3) is 5.91 Å². The Labute approximate surface area is 164 Å². The summed E-state index contributed by atoms with van der Waals surface area (Å²) in [7, 11) is -7.03. The molecule has 1 atom stereocenters. The average Bonchev–Trinajstić information content (AvgIpc) is 3.05. The molecule has 0 bridgehead atoms.